The van der Waals surface area contributed by atoms with Gasteiger partial charge in [-0.25, -0.2) is 18.5 Å². The zero-order valence-electron chi connectivity index (χ0n) is 11.7. The van der Waals surface area contributed by atoms with Crippen molar-refractivity contribution in [1.29, 1.82) is 0 Å². The van der Waals surface area contributed by atoms with Crippen LogP contribution >= 0.6 is 11.6 Å². The highest BCUT2D eigenvalue weighted by Crippen LogP contribution is 2.25. The molecular formula is C14H16ClN3O2S. The van der Waals surface area contributed by atoms with E-state index in [-0.39, 0.29) is 10.9 Å². The third kappa shape index (κ3) is 3.93. The summed E-state index contributed by atoms with van der Waals surface area (Å²) in [6, 6.07) is 8.26. The fraction of sp³-hybridized carbons (Fsp3) is 0.214. The molecule has 0 aliphatic carbocycles. The fourth-order valence-corrected chi connectivity index (χ4v) is 2.59. The summed E-state index contributed by atoms with van der Waals surface area (Å²) in [6.07, 6.45) is 1.69. The van der Waals surface area contributed by atoms with Gasteiger partial charge < -0.3 is 5.32 Å². The Balaban J connectivity index is 2.20. The molecule has 2 aromatic rings. The molecule has 0 amide bonds. The molecule has 1 heterocycles. The number of pyridine rings is 1. The molecule has 0 saturated heterocycles. The highest BCUT2D eigenvalue weighted by molar-refractivity contribution is 7.89. The van der Waals surface area contributed by atoms with Crippen LogP contribution in [-0.4, -0.2) is 13.4 Å². The molecule has 21 heavy (non-hydrogen) atoms. The van der Waals surface area contributed by atoms with Crippen molar-refractivity contribution in [3.8, 4) is 0 Å². The average molecular weight is 326 g/mol. The van der Waals surface area contributed by atoms with Gasteiger partial charge in [0, 0.05) is 12.2 Å². The maximum atomic E-state index is 11.2. The highest BCUT2D eigenvalue weighted by atomic mass is 35.5. The first-order chi connectivity index (χ1) is 9.77. The van der Waals surface area contributed by atoms with Crippen molar-refractivity contribution in [2.45, 2.75) is 24.8 Å². The Morgan fingerprint density at radius 3 is 2.48 bits per heavy atom. The lowest BCUT2D eigenvalue weighted by Gasteiger charge is -2.17. The standard InChI is InChI=1S/C14H16ClN3O2S/c1-9-7-13(14(15)17-8-9)18-10(2)11-3-5-12(6-4-11)21(16,19)20/h3-8,10,18H,1-2H3,(H2,16,19,20). The zero-order chi connectivity index (χ0) is 15.6. The van der Waals surface area contributed by atoms with Gasteiger partial charge in [-0.2, -0.15) is 0 Å². The van der Waals surface area contributed by atoms with Crippen LogP contribution in [0.25, 0.3) is 0 Å². The van der Waals surface area contributed by atoms with Crippen LogP contribution in [0.4, 0.5) is 5.69 Å². The first kappa shape index (κ1) is 15.8. The van der Waals surface area contributed by atoms with E-state index < -0.39 is 10.0 Å². The maximum Gasteiger partial charge on any atom is 0.238 e. The third-order valence-corrected chi connectivity index (χ3v) is 4.29. The van der Waals surface area contributed by atoms with E-state index in [4.69, 9.17) is 16.7 Å². The van der Waals surface area contributed by atoms with Gasteiger partial charge in [0.2, 0.25) is 10.0 Å². The number of benzene rings is 1. The quantitative estimate of drug-likeness (QED) is 0.846. The summed E-state index contributed by atoms with van der Waals surface area (Å²) in [5, 5.41) is 8.72. The second-order valence-corrected chi connectivity index (χ2v) is 6.75. The van der Waals surface area contributed by atoms with Crippen molar-refractivity contribution in [2.75, 3.05) is 5.32 Å². The van der Waals surface area contributed by atoms with E-state index in [0.717, 1.165) is 16.8 Å². The van der Waals surface area contributed by atoms with Crippen molar-refractivity contribution in [3.05, 3.63) is 52.8 Å². The topological polar surface area (TPSA) is 85.1 Å². The van der Waals surface area contributed by atoms with E-state index in [1.165, 1.54) is 12.1 Å². The number of aromatic nitrogens is 1. The molecule has 3 N–H and O–H groups in total. The van der Waals surface area contributed by atoms with E-state index in [9.17, 15) is 8.42 Å². The molecule has 1 unspecified atom stereocenters. The second-order valence-electron chi connectivity index (χ2n) is 4.83. The van der Waals surface area contributed by atoms with Gasteiger partial charge in [0.15, 0.2) is 5.15 Å². The van der Waals surface area contributed by atoms with Crippen LogP contribution < -0.4 is 10.5 Å². The second kappa shape index (κ2) is 6.01. The molecule has 0 saturated carbocycles. The van der Waals surface area contributed by atoms with Crippen molar-refractivity contribution in [1.82, 2.24) is 4.98 Å². The third-order valence-electron chi connectivity index (χ3n) is 3.06. The zero-order valence-corrected chi connectivity index (χ0v) is 13.2. The Kier molecular flexibility index (Phi) is 4.51. The van der Waals surface area contributed by atoms with Crippen LogP contribution in [0, 0.1) is 6.92 Å². The summed E-state index contributed by atoms with van der Waals surface area (Å²) in [5.41, 5.74) is 2.65. The van der Waals surface area contributed by atoms with Crippen molar-refractivity contribution in [3.63, 3.8) is 0 Å². The van der Waals surface area contributed by atoms with Gasteiger partial charge in [-0.3, -0.25) is 0 Å². The summed E-state index contributed by atoms with van der Waals surface area (Å²) >= 11 is 6.04. The SMILES string of the molecule is Cc1cnc(Cl)c(NC(C)c2ccc(S(N)(=O)=O)cc2)c1. The van der Waals surface area contributed by atoms with Crippen LogP contribution in [-0.2, 0) is 10.0 Å². The molecule has 1 atom stereocenters. The van der Waals surface area contributed by atoms with E-state index in [1.807, 2.05) is 19.9 Å². The molecule has 2 rings (SSSR count). The number of hydrogen-bond acceptors (Lipinski definition) is 4. The van der Waals surface area contributed by atoms with Crippen LogP contribution in [0.5, 0.6) is 0 Å². The van der Waals surface area contributed by atoms with Crippen LogP contribution in [0.1, 0.15) is 24.1 Å². The lowest BCUT2D eigenvalue weighted by Crippen LogP contribution is -2.13. The number of aryl methyl sites for hydroxylation is 1. The normalized spacial score (nSPS) is 13.0. The number of rotatable bonds is 4. The molecule has 0 fully saturated rings. The Labute approximate surface area is 129 Å². The van der Waals surface area contributed by atoms with Crippen molar-refractivity contribution >= 4 is 27.3 Å². The van der Waals surface area contributed by atoms with E-state index in [1.54, 1.807) is 18.3 Å². The Morgan fingerprint density at radius 1 is 1.29 bits per heavy atom. The number of primary sulfonamides is 1. The molecule has 0 aliphatic heterocycles. The minimum atomic E-state index is -3.67. The van der Waals surface area contributed by atoms with Gasteiger partial charge in [-0.15, -0.1) is 0 Å². The summed E-state index contributed by atoms with van der Waals surface area (Å²) in [4.78, 5) is 4.17. The van der Waals surface area contributed by atoms with Crippen molar-refractivity contribution in [2.24, 2.45) is 5.14 Å². The summed E-state index contributed by atoms with van der Waals surface area (Å²) in [6.45, 7) is 3.88. The monoisotopic (exact) mass is 325 g/mol. The van der Waals surface area contributed by atoms with Gasteiger partial charge in [-0.1, -0.05) is 23.7 Å². The molecule has 0 radical (unpaired) electrons. The number of nitrogens with two attached hydrogens (primary N) is 1. The Morgan fingerprint density at radius 2 is 1.90 bits per heavy atom. The molecule has 1 aromatic heterocycles. The number of nitrogens with zero attached hydrogens (tertiary/aromatic N) is 1. The predicted octanol–water partition coefficient (Wildman–Crippen LogP) is 2.86. The van der Waals surface area contributed by atoms with Crippen LogP contribution in [0.3, 0.4) is 0 Å². The highest BCUT2D eigenvalue weighted by Gasteiger charge is 2.11. The molecule has 5 nitrogen and oxygen atoms in total. The van der Waals surface area contributed by atoms with Crippen LogP contribution in [0.2, 0.25) is 5.15 Å². The first-order valence-electron chi connectivity index (χ1n) is 6.29. The molecule has 1 aromatic carbocycles. The molecule has 0 spiro atoms. The molecule has 7 heteroatoms. The number of sulfonamides is 1. The van der Waals surface area contributed by atoms with Gasteiger partial charge in [0.1, 0.15) is 0 Å². The van der Waals surface area contributed by atoms with Gasteiger partial charge in [-0.05, 0) is 43.2 Å². The lowest BCUT2D eigenvalue weighted by molar-refractivity contribution is 0.597. The molecule has 0 bridgehead atoms. The molecular weight excluding hydrogens is 310 g/mol. The van der Waals surface area contributed by atoms with Gasteiger partial charge in [0.05, 0.1) is 10.6 Å². The summed E-state index contributed by atoms with van der Waals surface area (Å²) in [7, 11) is -3.67. The predicted molar refractivity (Wildman–Crippen MR) is 83.8 cm³/mol. The number of halogens is 1. The first-order valence-corrected chi connectivity index (χ1v) is 8.21. The summed E-state index contributed by atoms with van der Waals surface area (Å²) in [5.74, 6) is 0. The Hall–Kier alpha value is -1.63. The van der Waals surface area contributed by atoms with E-state index in [0.29, 0.717) is 5.15 Å². The Bertz CT molecular complexity index is 745. The summed E-state index contributed by atoms with van der Waals surface area (Å²) < 4.78 is 22.4. The van der Waals surface area contributed by atoms with E-state index in [2.05, 4.69) is 10.3 Å². The minimum Gasteiger partial charge on any atom is -0.376 e. The molecule has 112 valence electrons. The largest absolute Gasteiger partial charge is 0.376 e. The van der Waals surface area contributed by atoms with E-state index >= 15 is 0 Å². The maximum absolute atomic E-state index is 11.2. The fourth-order valence-electron chi connectivity index (χ4n) is 1.92. The van der Waals surface area contributed by atoms with Gasteiger partial charge >= 0.3 is 0 Å². The number of hydrogen-bond donors (Lipinski definition) is 2. The smallest absolute Gasteiger partial charge is 0.238 e. The minimum absolute atomic E-state index is 0.0550. The van der Waals surface area contributed by atoms with Gasteiger partial charge in [0.25, 0.3) is 0 Å². The molecule has 0 aliphatic rings. The number of anilines is 1. The lowest BCUT2D eigenvalue weighted by atomic mass is 10.1. The van der Waals surface area contributed by atoms with Crippen molar-refractivity contribution < 1.29 is 8.42 Å². The number of nitrogens with one attached hydrogen (secondary N) is 1. The van der Waals surface area contributed by atoms with Crippen LogP contribution in [0.15, 0.2) is 41.4 Å². The average Bonchev–Trinajstić information content (AvgIpc) is 2.42.